The molecule has 8 heteroatoms. The summed E-state index contributed by atoms with van der Waals surface area (Å²) in [5.74, 6) is 2.45. The molecule has 8 nitrogen and oxygen atoms in total. The maximum Gasteiger partial charge on any atom is 0.306 e. The summed E-state index contributed by atoms with van der Waals surface area (Å²) in [5.41, 5.74) is 0.925. The Hall–Kier alpha value is -1.87. The number of aliphatic hydroxyl groups is 1. The van der Waals surface area contributed by atoms with Crippen LogP contribution in [-0.4, -0.2) is 93.2 Å². The quantitative estimate of drug-likeness (QED) is 0.102. The number of esters is 1. The van der Waals surface area contributed by atoms with Crippen LogP contribution in [0.4, 0.5) is 0 Å². The number of rotatable bonds is 25. The van der Waals surface area contributed by atoms with E-state index in [1.54, 1.807) is 0 Å². The fourth-order valence-corrected chi connectivity index (χ4v) is 5.37. The molecule has 0 aliphatic carbocycles. The van der Waals surface area contributed by atoms with Gasteiger partial charge in [-0.25, -0.2) is 0 Å². The maximum atomic E-state index is 12.5. The van der Waals surface area contributed by atoms with Gasteiger partial charge in [0.25, 0.3) is 0 Å². The predicted molar refractivity (Wildman–Crippen MR) is 174 cm³/mol. The molecule has 1 saturated heterocycles. The van der Waals surface area contributed by atoms with Crippen LogP contribution in [0.25, 0.3) is 0 Å². The third kappa shape index (κ3) is 16.1. The Bertz CT molecular complexity index is 846. The van der Waals surface area contributed by atoms with E-state index in [0.29, 0.717) is 44.7 Å². The van der Waals surface area contributed by atoms with E-state index in [-0.39, 0.29) is 19.2 Å². The molecule has 1 fully saturated rings. The zero-order valence-corrected chi connectivity index (χ0v) is 27.8. The van der Waals surface area contributed by atoms with Gasteiger partial charge >= 0.3 is 5.97 Å². The summed E-state index contributed by atoms with van der Waals surface area (Å²) in [7, 11) is 0. The third-order valence-electron chi connectivity index (χ3n) is 8.55. The number of carbonyl (C=O) groups excluding carboxylic acids is 1. The van der Waals surface area contributed by atoms with Gasteiger partial charge < -0.3 is 29.0 Å². The number of piperazine rings is 1. The van der Waals surface area contributed by atoms with Gasteiger partial charge in [0, 0.05) is 39.1 Å². The van der Waals surface area contributed by atoms with Gasteiger partial charge in [-0.05, 0) is 55.3 Å². The molecular weight excluding hydrogens is 544 g/mol. The Balaban J connectivity index is 1.82. The van der Waals surface area contributed by atoms with Crippen molar-refractivity contribution in [2.45, 2.75) is 98.5 Å². The molecule has 1 heterocycles. The average molecular weight is 607 g/mol. The first-order valence-electron chi connectivity index (χ1n) is 17.2. The highest BCUT2D eigenvalue weighted by Gasteiger charge is 2.17. The smallest absolute Gasteiger partial charge is 0.306 e. The van der Waals surface area contributed by atoms with Crippen LogP contribution in [0.15, 0.2) is 18.2 Å². The van der Waals surface area contributed by atoms with Gasteiger partial charge in [0.1, 0.15) is 6.61 Å². The molecule has 0 spiro atoms. The van der Waals surface area contributed by atoms with Gasteiger partial charge in [0.2, 0.25) is 0 Å². The van der Waals surface area contributed by atoms with E-state index in [0.717, 1.165) is 75.6 Å². The lowest BCUT2D eigenvalue weighted by atomic mass is 10.0. The Kier molecular flexibility index (Phi) is 20.4. The topological polar surface area (TPSA) is 80.7 Å². The molecule has 0 amide bonds. The molecule has 1 aromatic carbocycles. The highest BCUT2D eigenvalue weighted by Crippen LogP contribution is 2.31. The van der Waals surface area contributed by atoms with Gasteiger partial charge in [-0.1, -0.05) is 72.3 Å². The van der Waals surface area contributed by atoms with Crippen molar-refractivity contribution in [1.29, 1.82) is 0 Å². The molecule has 1 aliphatic rings. The van der Waals surface area contributed by atoms with E-state index >= 15 is 0 Å². The van der Waals surface area contributed by atoms with E-state index < -0.39 is 0 Å². The number of benzene rings is 1. The molecule has 248 valence electrons. The molecule has 0 aromatic heterocycles. The van der Waals surface area contributed by atoms with Crippen molar-refractivity contribution in [2.75, 3.05) is 72.3 Å². The molecule has 43 heavy (non-hydrogen) atoms. The first-order chi connectivity index (χ1) is 21.0. The predicted octanol–water partition coefficient (Wildman–Crippen LogP) is 6.33. The summed E-state index contributed by atoms with van der Waals surface area (Å²) < 4.78 is 23.7. The SMILES string of the molecule is CCCCC(CC)COc1ccc(COC(=O)CCCN2CCN(CCOCCO)CC2)cc1OCC(CC)CCCC. The summed E-state index contributed by atoms with van der Waals surface area (Å²) >= 11 is 0. The van der Waals surface area contributed by atoms with Crippen molar-refractivity contribution in [1.82, 2.24) is 9.80 Å². The third-order valence-corrected chi connectivity index (χ3v) is 8.55. The largest absolute Gasteiger partial charge is 0.489 e. The second-order valence-corrected chi connectivity index (χ2v) is 12.0. The second kappa shape index (κ2) is 23.5. The fourth-order valence-electron chi connectivity index (χ4n) is 5.37. The van der Waals surface area contributed by atoms with E-state index in [4.69, 9.17) is 24.1 Å². The number of unbranched alkanes of at least 4 members (excludes halogenated alkanes) is 2. The maximum absolute atomic E-state index is 12.5. The highest BCUT2D eigenvalue weighted by molar-refractivity contribution is 5.69. The Morgan fingerprint density at radius 2 is 1.42 bits per heavy atom. The molecule has 1 N–H and O–H groups in total. The van der Waals surface area contributed by atoms with Crippen LogP contribution in [-0.2, 0) is 20.9 Å². The first-order valence-corrected chi connectivity index (χ1v) is 17.2. The van der Waals surface area contributed by atoms with Gasteiger partial charge in [0.15, 0.2) is 11.5 Å². The van der Waals surface area contributed by atoms with Crippen LogP contribution in [0.3, 0.4) is 0 Å². The molecule has 0 bridgehead atoms. The van der Waals surface area contributed by atoms with Crippen molar-refractivity contribution >= 4 is 5.97 Å². The summed E-state index contributed by atoms with van der Waals surface area (Å²) in [6.45, 7) is 17.5. The zero-order valence-electron chi connectivity index (χ0n) is 27.8. The van der Waals surface area contributed by atoms with Crippen LogP contribution in [0.1, 0.15) is 97.5 Å². The normalized spacial score (nSPS) is 15.7. The van der Waals surface area contributed by atoms with E-state index in [1.807, 2.05) is 18.2 Å². The number of hydrogen-bond acceptors (Lipinski definition) is 8. The lowest BCUT2D eigenvalue weighted by Crippen LogP contribution is -2.47. The van der Waals surface area contributed by atoms with Crippen molar-refractivity contribution < 1.29 is 28.8 Å². The Labute approximate surface area is 262 Å². The van der Waals surface area contributed by atoms with Crippen molar-refractivity contribution in [3.8, 4) is 11.5 Å². The van der Waals surface area contributed by atoms with Crippen molar-refractivity contribution in [3.05, 3.63) is 23.8 Å². The zero-order chi connectivity index (χ0) is 31.1. The number of aliphatic hydroxyl groups excluding tert-OH is 1. The van der Waals surface area contributed by atoms with Crippen LogP contribution in [0, 0.1) is 11.8 Å². The lowest BCUT2D eigenvalue weighted by Gasteiger charge is -2.34. The lowest BCUT2D eigenvalue weighted by molar-refractivity contribution is -0.145. The number of nitrogens with zero attached hydrogens (tertiary/aromatic N) is 2. The van der Waals surface area contributed by atoms with Crippen LogP contribution in [0.5, 0.6) is 11.5 Å². The van der Waals surface area contributed by atoms with Crippen LogP contribution >= 0.6 is 0 Å². The van der Waals surface area contributed by atoms with Gasteiger partial charge in [-0.2, -0.15) is 0 Å². The van der Waals surface area contributed by atoms with Crippen LogP contribution < -0.4 is 9.47 Å². The summed E-state index contributed by atoms with van der Waals surface area (Å²) in [6, 6.07) is 5.97. The monoisotopic (exact) mass is 606 g/mol. The van der Waals surface area contributed by atoms with E-state index in [1.165, 1.54) is 38.5 Å². The van der Waals surface area contributed by atoms with Crippen molar-refractivity contribution in [3.63, 3.8) is 0 Å². The number of hydrogen-bond donors (Lipinski definition) is 1. The van der Waals surface area contributed by atoms with E-state index in [2.05, 4.69) is 37.5 Å². The number of carbonyl (C=O) groups is 1. The Morgan fingerprint density at radius 3 is 2.00 bits per heavy atom. The average Bonchev–Trinajstić information content (AvgIpc) is 3.03. The fraction of sp³-hybridized carbons (Fsp3) is 0.800. The van der Waals surface area contributed by atoms with E-state index in [9.17, 15) is 4.79 Å². The summed E-state index contributed by atoms with van der Waals surface area (Å²) in [4.78, 5) is 17.3. The molecule has 0 saturated carbocycles. The summed E-state index contributed by atoms with van der Waals surface area (Å²) in [6.07, 6.45) is 10.6. The molecule has 1 aliphatic heterocycles. The van der Waals surface area contributed by atoms with Gasteiger partial charge in [-0.15, -0.1) is 0 Å². The summed E-state index contributed by atoms with van der Waals surface area (Å²) in [5, 5.41) is 8.81. The molecule has 2 rings (SSSR count). The van der Waals surface area contributed by atoms with Gasteiger partial charge in [-0.3, -0.25) is 9.69 Å². The minimum Gasteiger partial charge on any atom is -0.489 e. The van der Waals surface area contributed by atoms with Crippen molar-refractivity contribution in [2.24, 2.45) is 11.8 Å². The molecule has 2 atom stereocenters. The molecular formula is C35H62N2O6. The standard InChI is InChI=1S/C35H62N2O6/c1-5-9-12-30(7-3)27-41-33-16-15-32(26-34(33)42-28-31(8-4)13-10-6-2)29-43-35(39)14-11-17-36-18-20-37(21-19-36)22-24-40-25-23-38/h15-16,26,30-31,38H,5-14,17-25,27-29H2,1-4H3. The van der Waals surface area contributed by atoms with Gasteiger partial charge in [0.05, 0.1) is 33.0 Å². The minimum atomic E-state index is -0.158. The minimum absolute atomic E-state index is 0.0737. The molecule has 1 aromatic rings. The highest BCUT2D eigenvalue weighted by atomic mass is 16.5. The first kappa shape index (κ1) is 37.3. The van der Waals surface area contributed by atoms with Crippen LogP contribution in [0.2, 0.25) is 0 Å². The second-order valence-electron chi connectivity index (χ2n) is 12.0. The molecule has 0 radical (unpaired) electrons. The molecule has 2 unspecified atom stereocenters. The Morgan fingerprint density at radius 1 is 0.814 bits per heavy atom. The number of ether oxygens (including phenoxy) is 4.